The summed E-state index contributed by atoms with van der Waals surface area (Å²) in [6.45, 7) is 14.5. The Morgan fingerprint density at radius 2 is 1.95 bits per heavy atom. The quantitative estimate of drug-likeness (QED) is 0.750. The minimum Gasteiger partial charge on any atom is -0.312 e. The Morgan fingerprint density at radius 3 is 2.40 bits per heavy atom. The summed E-state index contributed by atoms with van der Waals surface area (Å²) in [5, 5.41) is 7.88. The molecule has 1 aromatic rings. The van der Waals surface area contributed by atoms with Crippen molar-refractivity contribution in [2.45, 2.75) is 59.0 Å². The molecule has 0 fully saturated rings. The summed E-state index contributed by atoms with van der Waals surface area (Å²) in [6, 6.07) is 0.366. The van der Waals surface area contributed by atoms with Gasteiger partial charge in [-0.05, 0) is 39.9 Å². The number of aromatic nitrogens is 3. The zero-order chi connectivity index (χ0) is 15.2. The first kappa shape index (κ1) is 17.1. The molecule has 0 aromatic carbocycles. The van der Waals surface area contributed by atoms with Gasteiger partial charge in [0.15, 0.2) is 0 Å². The van der Waals surface area contributed by atoms with E-state index < -0.39 is 0 Å². The van der Waals surface area contributed by atoms with Crippen molar-refractivity contribution in [3.63, 3.8) is 0 Å². The van der Waals surface area contributed by atoms with Gasteiger partial charge in [-0.3, -0.25) is 9.58 Å². The minimum absolute atomic E-state index is 0.0879. The summed E-state index contributed by atoms with van der Waals surface area (Å²) in [4.78, 5) is 6.89. The van der Waals surface area contributed by atoms with E-state index in [9.17, 15) is 0 Å². The number of nitrogens with one attached hydrogen (secondary N) is 1. The Morgan fingerprint density at radius 1 is 1.30 bits per heavy atom. The molecule has 1 unspecified atom stereocenters. The molecule has 5 heteroatoms. The minimum atomic E-state index is 0.0879. The Labute approximate surface area is 123 Å². The highest BCUT2D eigenvalue weighted by Crippen LogP contribution is 2.21. The summed E-state index contributed by atoms with van der Waals surface area (Å²) in [6.07, 6.45) is 3.68. The second kappa shape index (κ2) is 7.74. The van der Waals surface area contributed by atoms with Crippen LogP contribution in [0.1, 0.15) is 46.9 Å². The number of nitrogens with zero attached hydrogens (tertiary/aromatic N) is 4. The van der Waals surface area contributed by atoms with Gasteiger partial charge in [0.2, 0.25) is 0 Å². The predicted octanol–water partition coefficient (Wildman–Crippen LogP) is 1.85. The molecule has 0 radical (unpaired) electrons. The summed E-state index contributed by atoms with van der Waals surface area (Å²) in [5.74, 6) is 1.04. The van der Waals surface area contributed by atoms with Crippen LogP contribution in [0.25, 0.3) is 0 Å². The number of likely N-dealkylation sites (N-methyl/N-ethyl adjacent to an activating group) is 1. The first-order valence-electron chi connectivity index (χ1n) is 7.78. The van der Waals surface area contributed by atoms with Gasteiger partial charge >= 0.3 is 0 Å². The van der Waals surface area contributed by atoms with Crippen molar-refractivity contribution in [2.75, 3.05) is 19.6 Å². The first-order valence-corrected chi connectivity index (χ1v) is 7.78. The number of aryl methyl sites for hydroxylation is 1. The Bertz CT molecular complexity index is 381. The maximum absolute atomic E-state index is 4.38. The molecule has 0 saturated carbocycles. The van der Waals surface area contributed by atoms with E-state index in [1.165, 1.54) is 0 Å². The summed E-state index contributed by atoms with van der Waals surface area (Å²) in [7, 11) is 1.96. The highest BCUT2D eigenvalue weighted by molar-refractivity contribution is 5.00. The van der Waals surface area contributed by atoms with E-state index in [0.29, 0.717) is 6.04 Å². The van der Waals surface area contributed by atoms with Crippen molar-refractivity contribution in [3.8, 4) is 0 Å². The van der Waals surface area contributed by atoms with Crippen LogP contribution < -0.4 is 5.32 Å². The van der Waals surface area contributed by atoms with Gasteiger partial charge in [-0.15, -0.1) is 0 Å². The van der Waals surface area contributed by atoms with Crippen molar-refractivity contribution in [1.82, 2.24) is 25.0 Å². The highest BCUT2D eigenvalue weighted by atomic mass is 15.3. The molecular formula is C15H31N5. The monoisotopic (exact) mass is 281 g/mol. The second-order valence-electron chi connectivity index (χ2n) is 5.84. The van der Waals surface area contributed by atoms with E-state index in [4.69, 9.17) is 0 Å². The lowest BCUT2D eigenvalue weighted by molar-refractivity contribution is 0.0899. The molecule has 0 aliphatic heterocycles. The zero-order valence-electron chi connectivity index (χ0n) is 14.0. The van der Waals surface area contributed by atoms with Crippen molar-refractivity contribution in [1.29, 1.82) is 0 Å². The van der Waals surface area contributed by atoms with Crippen LogP contribution in [0.5, 0.6) is 0 Å². The Kier molecular flexibility index (Phi) is 6.62. The SMILES string of the molecule is CCCNC(Cc1ncnn1C)C(C)(C)N(CC)CC. The molecule has 1 atom stereocenters. The molecule has 1 aromatic heterocycles. The van der Waals surface area contributed by atoms with Crippen LogP contribution in [0.2, 0.25) is 0 Å². The Balaban J connectivity index is 2.90. The normalized spacial score (nSPS) is 13.9. The number of hydrogen-bond donors (Lipinski definition) is 1. The molecule has 1 rings (SSSR count). The third-order valence-corrected chi connectivity index (χ3v) is 4.26. The molecule has 0 aliphatic carbocycles. The van der Waals surface area contributed by atoms with Crippen LogP contribution in [0.15, 0.2) is 6.33 Å². The largest absolute Gasteiger partial charge is 0.312 e. The zero-order valence-corrected chi connectivity index (χ0v) is 14.0. The fourth-order valence-corrected chi connectivity index (χ4v) is 2.84. The highest BCUT2D eigenvalue weighted by Gasteiger charge is 2.34. The smallest absolute Gasteiger partial charge is 0.138 e. The van der Waals surface area contributed by atoms with Gasteiger partial charge in [-0.25, -0.2) is 4.98 Å². The average Bonchev–Trinajstić information content (AvgIpc) is 2.81. The van der Waals surface area contributed by atoms with Crippen LogP contribution in [0.3, 0.4) is 0 Å². The van der Waals surface area contributed by atoms with Crippen LogP contribution in [-0.4, -0.2) is 50.9 Å². The summed E-state index contributed by atoms with van der Waals surface area (Å²) < 4.78 is 1.87. The predicted molar refractivity (Wildman–Crippen MR) is 83.8 cm³/mol. The van der Waals surface area contributed by atoms with Crippen molar-refractivity contribution < 1.29 is 0 Å². The van der Waals surface area contributed by atoms with Crippen molar-refractivity contribution >= 4 is 0 Å². The van der Waals surface area contributed by atoms with Gasteiger partial charge in [0.05, 0.1) is 0 Å². The van der Waals surface area contributed by atoms with Crippen LogP contribution >= 0.6 is 0 Å². The average molecular weight is 281 g/mol. The molecule has 1 N–H and O–H groups in total. The van der Waals surface area contributed by atoms with E-state index in [1.54, 1.807) is 6.33 Å². The lowest BCUT2D eigenvalue weighted by atomic mass is 9.89. The second-order valence-corrected chi connectivity index (χ2v) is 5.84. The Hall–Kier alpha value is -0.940. The molecule has 0 bridgehead atoms. The molecular weight excluding hydrogens is 250 g/mol. The van der Waals surface area contributed by atoms with Crippen LogP contribution in [0, 0.1) is 0 Å². The van der Waals surface area contributed by atoms with Crippen molar-refractivity contribution in [3.05, 3.63) is 12.2 Å². The van der Waals surface area contributed by atoms with Gasteiger partial charge in [-0.1, -0.05) is 20.8 Å². The summed E-state index contributed by atoms with van der Waals surface area (Å²) >= 11 is 0. The van der Waals surface area contributed by atoms with Gasteiger partial charge < -0.3 is 5.32 Å². The van der Waals surface area contributed by atoms with Gasteiger partial charge in [0.25, 0.3) is 0 Å². The molecule has 1 heterocycles. The molecule has 0 saturated heterocycles. The number of hydrogen-bond acceptors (Lipinski definition) is 4. The molecule has 0 aliphatic rings. The fraction of sp³-hybridized carbons (Fsp3) is 0.867. The van der Waals surface area contributed by atoms with E-state index in [2.05, 4.69) is 54.9 Å². The van der Waals surface area contributed by atoms with E-state index >= 15 is 0 Å². The van der Waals surface area contributed by atoms with Crippen LogP contribution in [0.4, 0.5) is 0 Å². The van der Waals surface area contributed by atoms with Gasteiger partial charge in [0, 0.05) is 25.0 Å². The lowest BCUT2D eigenvalue weighted by Gasteiger charge is -2.43. The standard InChI is InChI=1S/C15H31N5/c1-7-10-16-13(11-14-17-12-18-19(14)6)15(4,5)20(8-2)9-3/h12-13,16H,7-11H2,1-6H3. The molecule has 20 heavy (non-hydrogen) atoms. The molecule has 0 spiro atoms. The fourth-order valence-electron chi connectivity index (χ4n) is 2.84. The number of rotatable bonds is 9. The topological polar surface area (TPSA) is 46.0 Å². The third kappa shape index (κ3) is 4.03. The maximum Gasteiger partial charge on any atom is 0.138 e. The molecule has 0 amide bonds. The first-order chi connectivity index (χ1) is 9.47. The van der Waals surface area contributed by atoms with Gasteiger partial charge in [0.1, 0.15) is 12.2 Å². The van der Waals surface area contributed by atoms with Gasteiger partial charge in [-0.2, -0.15) is 5.10 Å². The maximum atomic E-state index is 4.38. The summed E-state index contributed by atoms with van der Waals surface area (Å²) in [5.41, 5.74) is 0.0879. The van der Waals surface area contributed by atoms with E-state index in [0.717, 1.165) is 38.3 Å². The van der Waals surface area contributed by atoms with E-state index in [-0.39, 0.29) is 5.54 Å². The molecule has 116 valence electrons. The lowest BCUT2D eigenvalue weighted by Crippen LogP contribution is -2.58. The molecule has 5 nitrogen and oxygen atoms in total. The van der Waals surface area contributed by atoms with Crippen LogP contribution in [-0.2, 0) is 13.5 Å². The van der Waals surface area contributed by atoms with Crippen molar-refractivity contribution in [2.24, 2.45) is 7.05 Å². The van der Waals surface area contributed by atoms with E-state index in [1.807, 2.05) is 11.7 Å². The third-order valence-electron chi connectivity index (χ3n) is 4.26.